The van der Waals surface area contributed by atoms with Crippen molar-refractivity contribution in [3.63, 3.8) is 0 Å². The Morgan fingerprint density at radius 3 is 2.80 bits per heavy atom. The second-order valence-corrected chi connectivity index (χ2v) is 5.73. The lowest BCUT2D eigenvalue weighted by atomic mass is 10.0. The highest BCUT2D eigenvalue weighted by molar-refractivity contribution is 6.32. The van der Waals surface area contributed by atoms with Crippen LogP contribution in [0.3, 0.4) is 0 Å². The Balaban J connectivity index is 2.24. The van der Waals surface area contributed by atoms with E-state index in [9.17, 15) is 4.79 Å². The Bertz CT molecular complexity index is 493. The van der Waals surface area contributed by atoms with E-state index in [0.717, 1.165) is 26.1 Å². The molecule has 0 saturated carbocycles. The van der Waals surface area contributed by atoms with Crippen LogP contribution in [0, 0.1) is 0 Å². The lowest BCUT2D eigenvalue weighted by Gasteiger charge is -2.26. The lowest BCUT2D eigenvalue weighted by molar-refractivity contribution is 0.0839. The van der Waals surface area contributed by atoms with Gasteiger partial charge in [0.1, 0.15) is 5.75 Å². The molecule has 110 valence electrons. The van der Waals surface area contributed by atoms with Crippen molar-refractivity contribution in [1.29, 1.82) is 0 Å². The predicted molar refractivity (Wildman–Crippen MR) is 80.9 cm³/mol. The molecule has 4 nitrogen and oxygen atoms in total. The summed E-state index contributed by atoms with van der Waals surface area (Å²) in [6, 6.07) is 5.09. The van der Waals surface area contributed by atoms with Gasteiger partial charge in [0.2, 0.25) is 0 Å². The zero-order valence-corrected chi connectivity index (χ0v) is 13.0. The van der Waals surface area contributed by atoms with E-state index >= 15 is 0 Å². The van der Waals surface area contributed by atoms with Crippen LogP contribution in [0.1, 0.15) is 16.8 Å². The number of ether oxygens (including phenoxy) is 1. The smallest absolute Gasteiger partial charge is 0.181 e. The average Bonchev–Trinajstić information content (AvgIpc) is 2.60. The number of hydrogen-bond acceptors (Lipinski definition) is 4. The van der Waals surface area contributed by atoms with Gasteiger partial charge in [-0.3, -0.25) is 9.69 Å². The number of benzene rings is 1. The highest BCUT2D eigenvalue weighted by Gasteiger charge is 2.28. The number of methoxy groups -OCH3 is 1. The maximum Gasteiger partial charge on any atom is 0.181 e. The molecule has 1 aromatic rings. The zero-order chi connectivity index (χ0) is 14.7. The molecule has 0 N–H and O–H groups in total. The maximum atomic E-state index is 12.7. The largest absolute Gasteiger partial charge is 0.495 e. The first-order valence-electron chi connectivity index (χ1n) is 6.79. The highest BCUT2D eigenvalue weighted by atomic mass is 35.5. The number of Topliss-reactive ketones (excluding diaryl/α,β-unsaturated/α-hetero) is 1. The molecule has 2 rings (SSSR count). The molecular formula is C15H21ClN2O2. The fraction of sp³-hybridized carbons (Fsp3) is 0.533. The molecule has 0 aliphatic carbocycles. The highest BCUT2D eigenvalue weighted by Crippen LogP contribution is 2.26. The van der Waals surface area contributed by atoms with Crippen molar-refractivity contribution in [2.45, 2.75) is 12.5 Å². The minimum Gasteiger partial charge on any atom is -0.495 e. The van der Waals surface area contributed by atoms with E-state index in [-0.39, 0.29) is 11.8 Å². The normalized spacial score (nSPS) is 21.5. The molecule has 1 fully saturated rings. The molecule has 1 saturated heterocycles. The first-order chi connectivity index (χ1) is 9.52. The molecule has 1 aliphatic rings. The van der Waals surface area contributed by atoms with E-state index in [1.165, 1.54) is 0 Å². The third kappa shape index (κ3) is 3.32. The second-order valence-electron chi connectivity index (χ2n) is 5.33. The standard InChI is InChI=1S/C15H21ClN2O2/c1-17-7-4-8-18(2)13(10-17)15(19)11-5-6-12(16)14(9-11)20-3/h5-6,9,13H,4,7-8,10H2,1-3H3. The number of carbonyl (C=O) groups is 1. The van der Waals surface area contributed by atoms with Crippen LogP contribution in [0.4, 0.5) is 0 Å². The van der Waals surface area contributed by atoms with Crippen LogP contribution < -0.4 is 4.74 Å². The summed E-state index contributed by atoms with van der Waals surface area (Å²) < 4.78 is 5.19. The van der Waals surface area contributed by atoms with Crippen molar-refractivity contribution in [2.75, 3.05) is 40.8 Å². The molecule has 20 heavy (non-hydrogen) atoms. The Labute approximate surface area is 125 Å². The van der Waals surface area contributed by atoms with Gasteiger partial charge in [0.05, 0.1) is 18.2 Å². The summed E-state index contributed by atoms with van der Waals surface area (Å²) in [6.07, 6.45) is 1.08. The number of nitrogens with zero attached hydrogens (tertiary/aromatic N) is 2. The molecule has 0 amide bonds. The van der Waals surface area contributed by atoms with Gasteiger partial charge in [0.25, 0.3) is 0 Å². The molecule has 5 heteroatoms. The summed E-state index contributed by atoms with van der Waals surface area (Å²) in [5, 5.41) is 0.524. The van der Waals surface area contributed by atoms with Crippen molar-refractivity contribution in [3.05, 3.63) is 28.8 Å². The monoisotopic (exact) mass is 296 g/mol. The Morgan fingerprint density at radius 2 is 2.10 bits per heavy atom. The molecule has 1 unspecified atom stereocenters. The van der Waals surface area contributed by atoms with Gasteiger partial charge in [-0.05, 0) is 51.8 Å². The summed E-state index contributed by atoms with van der Waals surface area (Å²) in [7, 11) is 5.62. The van der Waals surface area contributed by atoms with Crippen molar-refractivity contribution in [1.82, 2.24) is 9.80 Å². The third-order valence-corrected chi connectivity index (χ3v) is 4.12. The third-order valence-electron chi connectivity index (χ3n) is 3.81. The van der Waals surface area contributed by atoms with E-state index in [4.69, 9.17) is 16.3 Å². The van der Waals surface area contributed by atoms with E-state index in [2.05, 4.69) is 16.8 Å². The van der Waals surface area contributed by atoms with Gasteiger partial charge in [0, 0.05) is 12.1 Å². The molecule has 0 radical (unpaired) electrons. The summed E-state index contributed by atoms with van der Waals surface area (Å²) in [5.74, 6) is 0.665. The van der Waals surface area contributed by atoms with Crippen molar-refractivity contribution in [3.8, 4) is 5.75 Å². The van der Waals surface area contributed by atoms with Crippen molar-refractivity contribution >= 4 is 17.4 Å². The molecule has 1 aliphatic heterocycles. The molecule has 0 bridgehead atoms. The van der Waals surface area contributed by atoms with E-state index in [0.29, 0.717) is 16.3 Å². The summed E-state index contributed by atoms with van der Waals surface area (Å²) in [4.78, 5) is 17.1. The van der Waals surface area contributed by atoms with Gasteiger partial charge < -0.3 is 9.64 Å². The van der Waals surface area contributed by atoms with Gasteiger partial charge in [0.15, 0.2) is 5.78 Å². The first kappa shape index (κ1) is 15.3. The van der Waals surface area contributed by atoms with Crippen molar-refractivity contribution in [2.24, 2.45) is 0 Å². The van der Waals surface area contributed by atoms with Crippen LogP contribution in [0.5, 0.6) is 5.75 Å². The number of halogens is 1. The Hall–Kier alpha value is -1.10. The van der Waals surface area contributed by atoms with Gasteiger partial charge in [-0.1, -0.05) is 11.6 Å². The van der Waals surface area contributed by atoms with Crippen LogP contribution in [0.15, 0.2) is 18.2 Å². The number of likely N-dealkylation sites (N-methyl/N-ethyl adjacent to an activating group) is 2. The average molecular weight is 297 g/mol. The van der Waals surface area contributed by atoms with E-state index in [1.54, 1.807) is 25.3 Å². The maximum absolute atomic E-state index is 12.7. The minimum atomic E-state index is -0.117. The molecule has 1 heterocycles. The Morgan fingerprint density at radius 1 is 1.35 bits per heavy atom. The second kappa shape index (κ2) is 6.57. The van der Waals surface area contributed by atoms with Crippen LogP contribution in [0.2, 0.25) is 5.02 Å². The van der Waals surface area contributed by atoms with Crippen LogP contribution in [-0.2, 0) is 0 Å². The van der Waals surface area contributed by atoms with Crippen LogP contribution in [0.25, 0.3) is 0 Å². The number of ketones is 1. The summed E-state index contributed by atoms with van der Waals surface area (Å²) >= 11 is 6.01. The molecule has 1 atom stereocenters. The molecule has 1 aromatic carbocycles. The SMILES string of the molecule is COc1cc(C(=O)C2CN(C)CCCN2C)ccc1Cl. The first-order valence-corrected chi connectivity index (χ1v) is 7.17. The molecule has 0 aromatic heterocycles. The topological polar surface area (TPSA) is 32.8 Å². The number of hydrogen-bond donors (Lipinski definition) is 0. The van der Waals surface area contributed by atoms with Gasteiger partial charge in [-0.15, -0.1) is 0 Å². The fourth-order valence-electron chi connectivity index (χ4n) is 2.56. The van der Waals surface area contributed by atoms with Crippen LogP contribution in [-0.4, -0.2) is 62.5 Å². The minimum absolute atomic E-state index is 0.117. The summed E-state index contributed by atoms with van der Waals surface area (Å²) in [5.41, 5.74) is 0.651. The number of carbonyl (C=O) groups excluding carboxylic acids is 1. The lowest BCUT2D eigenvalue weighted by Crippen LogP contribution is -2.43. The quantitative estimate of drug-likeness (QED) is 0.800. The fourth-order valence-corrected chi connectivity index (χ4v) is 2.75. The summed E-state index contributed by atoms with van der Waals surface area (Å²) in [6.45, 7) is 2.71. The van der Waals surface area contributed by atoms with E-state index in [1.807, 2.05) is 7.05 Å². The Kier molecular flexibility index (Phi) is 5.02. The van der Waals surface area contributed by atoms with E-state index < -0.39 is 0 Å². The van der Waals surface area contributed by atoms with Gasteiger partial charge in [-0.25, -0.2) is 0 Å². The molecular weight excluding hydrogens is 276 g/mol. The van der Waals surface area contributed by atoms with Crippen LogP contribution >= 0.6 is 11.6 Å². The predicted octanol–water partition coefficient (Wildman–Crippen LogP) is 2.17. The molecule has 0 spiro atoms. The van der Waals surface area contributed by atoms with Crippen molar-refractivity contribution < 1.29 is 9.53 Å². The number of rotatable bonds is 3. The van der Waals surface area contributed by atoms with Gasteiger partial charge in [-0.2, -0.15) is 0 Å². The zero-order valence-electron chi connectivity index (χ0n) is 12.2. The van der Waals surface area contributed by atoms with Gasteiger partial charge >= 0.3 is 0 Å².